The molecule has 1 atom stereocenters. The Hall–Kier alpha value is -3.58. The summed E-state index contributed by atoms with van der Waals surface area (Å²) in [5.74, 6) is 1.68. The molecule has 0 aromatic heterocycles. The number of hydrogen-bond donors (Lipinski definition) is 1. The van der Waals surface area contributed by atoms with Gasteiger partial charge in [-0.1, -0.05) is 30.3 Å². The van der Waals surface area contributed by atoms with E-state index < -0.39 is 0 Å². The summed E-state index contributed by atoms with van der Waals surface area (Å²) in [5, 5.41) is 2.87. The third-order valence-electron chi connectivity index (χ3n) is 6.46. The number of carbonyl (C=O) groups excluding carboxylic acids is 1. The number of hydrogen-bond acceptors (Lipinski definition) is 5. The van der Waals surface area contributed by atoms with Gasteiger partial charge in [0, 0.05) is 24.7 Å². The maximum atomic E-state index is 14.0. The van der Waals surface area contributed by atoms with Crippen molar-refractivity contribution >= 4 is 5.91 Å². The van der Waals surface area contributed by atoms with E-state index in [1.807, 2.05) is 30.3 Å². The van der Waals surface area contributed by atoms with Crippen LogP contribution in [0.4, 0.5) is 4.39 Å². The number of fused-ring (bicyclic) bond motifs is 1. The van der Waals surface area contributed by atoms with Crippen LogP contribution in [-0.2, 0) is 24.2 Å². The molecule has 0 bridgehead atoms. The zero-order valence-corrected chi connectivity index (χ0v) is 20.3. The van der Waals surface area contributed by atoms with Gasteiger partial charge in [-0.2, -0.15) is 0 Å². The first-order valence-corrected chi connectivity index (χ1v) is 11.6. The van der Waals surface area contributed by atoms with Gasteiger partial charge in [-0.15, -0.1) is 0 Å². The number of ether oxygens (including phenoxy) is 3. The smallest absolute Gasteiger partial charge is 0.234 e. The number of nitrogens with zero attached hydrogens (tertiary/aromatic N) is 1. The van der Waals surface area contributed by atoms with Crippen molar-refractivity contribution in [2.75, 3.05) is 34.4 Å². The zero-order chi connectivity index (χ0) is 24.8. The van der Waals surface area contributed by atoms with Gasteiger partial charge in [0.05, 0.1) is 27.9 Å². The Morgan fingerprint density at radius 3 is 2.51 bits per heavy atom. The van der Waals surface area contributed by atoms with Crippen molar-refractivity contribution in [3.63, 3.8) is 0 Å². The average molecular weight is 479 g/mol. The van der Waals surface area contributed by atoms with Crippen LogP contribution in [0.3, 0.4) is 0 Å². The molecule has 35 heavy (non-hydrogen) atoms. The molecule has 3 aromatic carbocycles. The molecule has 0 fully saturated rings. The van der Waals surface area contributed by atoms with Crippen LogP contribution in [0.25, 0.3) is 0 Å². The number of carbonyl (C=O) groups is 1. The highest BCUT2D eigenvalue weighted by atomic mass is 19.1. The molecule has 0 aliphatic carbocycles. The topological polar surface area (TPSA) is 60.0 Å². The molecular formula is C28H31FN2O4. The Morgan fingerprint density at radius 1 is 1.00 bits per heavy atom. The second-order valence-electron chi connectivity index (χ2n) is 8.57. The molecule has 3 aromatic rings. The standard InChI is InChI=1S/C28H31FN2O4/c1-33-22-9-6-7-19(13-22)14-25-23-16-27(35-3)26(34-2)15-20(23)11-12-31(25)18-28(32)30-17-21-8-4-5-10-24(21)29/h4-10,13,15-16,25H,11-12,14,17-18H2,1-3H3,(H,30,32). The SMILES string of the molecule is COc1cccc(CC2c3cc(OC)c(OC)cc3CCN2CC(=O)NCc2ccccc2F)c1. The van der Waals surface area contributed by atoms with Crippen molar-refractivity contribution in [1.29, 1.82) is 0 Å². The molecule has 0 spiro atoms. The van der Waals surface area contributed by atoms with E-state index in [1.54, 1.807) is 39.5 Å². The van der Waals surface area contributed by atoms with Crippen molar-refractivity contribution in [3.05, 3.63) is 88.7 Å². The van der Waals surface area contributed by atoms with Gasteiger partial charge in [-0.25, -0.2) is 4.39 Å². The van der Waals surface area contributed by atoms with Gasteiger partial charge in [-0.05, 0) is 59.9 Å². The Balaban J connectivity index is 1.58. The molecule has 1 unspecified atom stereocenters. The van der Waals surface area contributed by atoms with E-state index in [0.29, 0.717) is 30.0 Å². The number of halogens is 1. The number of methoxy groups -OCH3 is 3. The van der Waals surface area contributed by atoms with E-state index in [4.69, 9.17) is 14.2 Å². The van der Waals surface area contributed by atoms with Crippen molar-refractivity contribution < 1.29 is 23.4 Å². The Labute approximate surface area is 205 Å². The van der Waals surface area contributed by atoms with Gasteiger partial charge in [0.25, 0.3) is 0 Å². The highest BCUT2D eigenvalue weighted by Gasteiger charge is 2.30. The minimum Gasteiger partial charge on any atom is -0.497 e. The maximum absolute atomic E-state index is 14.0. The quantitative estimate of drug-likeness (QED) is 0.497. The summed E-state index contributed by atoms with van der Waals surface area (Å²) in [7, 11) is 4.91. The second kappa shape index (κ2) is 11.2. The molecule has 1 amide bonds. The molecular weight excluding hydrogens is 447 g/mol. The summed E-state index contributed by atoms with van der Waals surface area (Å²) >= 11 is 0. The number of nitrogens with one attached hydrogen (secondary N) is 1. The fourth-order valence-corrected chi connectivity index (χ4v) is 4.61. The fraction of sp³-hybridized carbons (Fsp3) is 0.321. The highest BCUT2D eigenvalue weighted by Crippen LogP contribution is 2.39. The van der Waals surface area contributed by atoms with Crippen molar-refractivity contribution in [1.82, 2.24) is 10.2 Å². The molecule has 0 saturated heterocycles. The van der Waals surface area contributed by atoms with E-state index in [9.17, 15) is 9.18 Å². The van der Waals surface area contributed by atoms with E-state index in [0.717, 1.165) is 23.3 Å². The molecule has 0 radical (unpaired) electrons. The van der Waals surface area contributed by atoms with Gasteiger partial charge in [0.15, 0.2) is 11.5 Å². The molecule has 1 aliphatic rings. The second-order valence-corrected chi connectivity index (χ2v) is 8.57. The minimum atomic E-state index is -0.323. The van der Waals surface area contributed by atoms with Gasteiger partial charge in [-0.3, -0.25) is 9.69 Å². The van der Waals surface area contributed by atoms with Crippen LogP contribution < -0.4 is 19.5 Å². The molecule has 1 N–H and O–H groups in total. The van der Waals surface area contributed by atoms with Crippen LogP contribution in [0.2, 0.25) is 0 Å². The van der Waals surface area contributed by atoms with E-state index >= 15 is 0 Å². The van der Waals surface area contributed by atoms with Crippen LogP contribution in [0, 0.1) is 5.82 Å². The summed E-state index contributed by atoms with van der Waals surface area (Å²) < 4.78 is 30.5. The highest BCUT2D eigenvalue weighted by molar-refractivity contribution is 5.78. The molecule has 1 aliphatic heterocycles. The van der Waals surface area contributed by atoms with E-state index in [-0.39, 0.29) is 30.9 Å². The van der Waals surface area contributed by atoms with Gasteiger partial charge in [0.1, 0.15) is 11.6 Å². The molecule has 1 heterocycles. The normalized spacial score (nSPS) is 15.3. The van der Waals surface area contributed by atoms with Gasteiger partial charge in [0.2, 0.25) is 5.91 Å². The van der Waals surface area contributed by atoms with Crippen LogP contribution in [0.1, 0.15) is 28.3 Å². The predicted octanol–water partition coefficient (Wildman–Crippen LogP) is 4.31. The number of amides is 1. The molecule has 184 valence electrons. The number of benzene rings is 3. The summed E-state index contributed by atoms with van der Waals surface area (Å²) in [4.78, 5) is 15.1. The van der Waals surface area contributed by atoms with Crippen molar-refractivity contribution in [3.8, 4) is 17.2 Å². The first-order chi connectivity index (χ1) is 17.0. The predicted molar refractivity (Wildman–Crippen MR) is 133 cm³/mol. The van der Waals surface area contributed by atoms with Crippen molar-refractivity contribution in [2.45, 2.75) is 25.4 Å². The molecule has 7 heteroatoms. The first-order valence-electron chi connectivity index (χ1n) is 11.6. The third-order valence-corrected chi connectivity index (χ3v) is 6.46. The van der Waals surface area contributed by atoms with Crippen LogP contribution in [0.15, 0.2) is 60.7 Å². The van der Waals surface area contributed by atoms with Crippen LogP contribution >= 0.6 is 0 Å². The van der Waals surface area contributed by atoms with Gasteiger partial charge < -0.3 is 19.5 Å². The molecule has 0 saturated carbocycles. The largest absolute Gasteiger partial charge is 0.497 e. The fourth-order valence-electron chi connectivity index (χ4n) is 4.61. The lowest BCUT2D eigenvalue weighted by molar-refractivity contribution is -0.123. The lowest BCUT2D eigenvalue weighted by Gasteiger charge is -2.37. The first kappa shape index (κ1) is 24.5. The van der Waals surface area contributed by atoms with Crippen molar-refractivity contribution in [2.24, 2.45) is 0 Å². The Kier molecular flexibility index (Phi) is 7.87. The summed E-state index contributed by atoms with van der Waals surface area (Å²) in [6.07, 6.45) is 1.48. The molecule has 4 rings (SSSR count). The van der Waals surface area contributed by atoms with E-state index in [1.165, 1.54) is 11.6 Å². The third kappa shape index (κ3) is 5.74. The van der Waals surface area contributed by atoms with Crippen LogP contribution in [-0.4, -0.2) is 45.2 Å². The minimum absolute atomic E-state index is 0.0510. The summed E-state index contributed by atoms with van der Waals surface area (Å²) in [6, 6.07) is 18.4. The average Bonchev–Trinajstić information content (AvgIpc) is 2.88. The monoisotopic (exact) mass is 478 g/mol. The Morgan fingerprint density at radius 2 is 1.77 bits per heavy atom. The van der Waals surface area contributed by atoms with E-state index in [2.05, 4.69) is 16.3 Å². The van der Waals surface area contributed by atoms with Gasteiger partial charge >= 0.3 is 0 Å². The number of rotatable bonds is 9. The lowest BCUT2D eigenvalue weighted by Crippen LogP contribution is -2.43. The summed E-state index contributed by atoms with van der Waals surface area (Å²) in [6.45, 7) is 1.07. The Bertz CT molecular complexity index is 1180. The van der Waals surface area contributed by atoms with Crippen LogP contribution in [0.5, 0.6) is 17.2 Å². The summed E-state index contributed by atoms with van der Waals surface area (Å²) in [5.41, 5.74) is 3.86. The maximum Gasteiger partial charge on any atom is 0.234 e. The zero-order valence-electron chi connectivity index (χ0n) is 20.3. The molecule has 6 nitrogen and oxygen atoms in total. The lowest BCUT2D eigenvalue weighted by atomic mass is 9.88.